The second-order valence-electron chi connectivity index (χ2n) is 11.1. The molecule has 0 fully saturated rings. The lowest BCUT2D eigenvalue weighted by atomic mass is 10.0. The van der Waals surface area contributed by atoms with E-state index in [1.165, 1.54) is 89.9 Å². The highest BCUT2D eigenvalue weighted by atomic mass is 31.2. The topological polar surface area (TPSA) is 131 Å². The van der Waals surface area contributed by atoms with Crippen LogP contribution in [0.15, 0.2) is 0 Å². The van der Waals surface area contributed by atoms with Crippen LogP contribution in [0.1, 0.15) is 155 Å². The average Bonchev–Trinajstić information content (AvgIpc) is 2.95. The number of aliphatic hydroxyl groups excluding tert-OH is 1. The van der Waals surface area contributed by atoms with Crippen LogP contribution in [0.5, 0.6) is 0 Å². The lowest BCUT2D eigenvalue weighted by molar-refractivity contribution is -0.147. The quantitative estimate of drug-likeness (QED) is 0.0414. The van der Waals surface area contributed by atoms with Gasteiger partial charge in [0.2, 0.25) is 5.91 Å². The van der Waals surface area contributed by atoms with Gasteiger partial charge in [-0.3, -0.25) is 18.6 Å². The molecule has 244 valence electrons. The highest BCUT2D eigenvalue weighted by molar-refractivity contribution is 7.47. The molecule has 0 aliphatic carbocycles. The Morgan fingerprint density at radius 2 is 1.10 bits per heavy atom. The van der Waals surface area contributed by atoms with Crippen LogP contribution in [0.4, 0.5) is 0 Å². The standard InChI is InChI=1S/C31H62NO8P/c1-3-5-7-8-9-10-11-12-13-14-15-16-17-18-19-20-22-24-31(35)38-27-29(33)28-40-41(36,37)39-26-25-32-30(34)23-21-6-4-2/h29,33H,3-28H2,1-2H3,(H,32,34)(H,36,37). The van der Waals surface area contributed by atoms with Crippen molar-refractivity contribution in [1.29, 1.82) is 0 Å². The molecular weight excluding hydrogens is 545 g/mol. The fraction of sp³-hybridized carbons (Fsp3) is 0.935. The second-order valence-corrected chi connectivity index (χ2v) is 12.6. The van der Waals surface area contributed by atoms with E-state index >= 15 is 0 Å². The molecule has 0 radical (unpaired) electrons. The average molecular weight is 608 g/mol. The Labute approximate surface area is 250 Å². The molecule has 10 heteroatoms. The van der Waals surface area contributed by atoms with E-state index in [0.717, 1.165) is 38.5 Å². The first kappa shape index (κ1) is 40.0. The number of hydrogen-bond acceptors (Lipinski definition) is 7. The Morgan fingerprint density at radius 3 is 1.61 bits per heavy atom. The summed E-state index contributed by atoms with van der Waals surface area (Å²) in [5, 5.41) is 12.5. The van der Waals surface area contributed by atoms with Crippen molar-refractivity contribution >= 4 is 19.7 Å². The first-order valence-corrected chi connectivity index (χ1v) is 18.0. The van der Waals surface area contributed by atoms with Gasteiger partial charge in [-0.1, -0.05) is 129 Å². The Hall–Kier alpha value is -0.990. The van der Waals surface area contributed by atoms with Crippen LogP contribution in [0.25, 0.3) is 0 Å². The number of amides is 1. The predicted octanol–water partition coefficient (Wildman–Crippen LogP) is 7.76. The van der Waals surface area contributed by atoms with Gasteiger partial charge >= 0.3 is 13.8 Å². The van der Waals surface area contributed by atoms with E-state index in [-0.39, 0.29) is 32.1 Å². The molecule has 1 amide bonds. The zero-order valence-electron chi connectivity index (χ0n) is 26.3. The van der Waals surface area contributed by atoms with Crippen molar-refractivity contribution < 1.29 is 37.9 Å². The van der Waals surface area contributed by atoms with Crippen molar-refractivity contribution in [3.63, 3.8) is 0 Å². The van der Waals surface area contributed by atoms with Crippen LogP contribution < -0.4 is 5.32 Å². The van der Waals surface area contributed by atoms with Gasteiger partial charge in [0.1, 0.15) is 12.7 Å². The molecule has 0 bridgehead atoms. The van der Waals surface area contributed by atoms with Gasteiger partial charge in [0.05, 0.1) is 13.2 Å². The predicted molar refractivity (Wildman–Crippen MR) is 165 cm³/mol. The van der Waals surface area contributed by atoms with E-state index in [0.29, 0.717) is 6.42 Å². The van der Waals surface area contributed by atoms with E-state index in [1.54, 1.807) is 0 Å². The summed E-state index contributed by atoms with van der Waals surface area (Å²) >= 11 is 0. The minimum Gasteiger partial charge on any atom is -0.463 e. The Morgan fingerprint density at radius 1 is 0.659 bits per heavy atom. The van der Waals surface area contributed by atoms with Crippen LogP contribution in [0, 0.1) is 0 Å². The van der Waals surface area contributed by atoms with Crippen molar-refractivity contribution in [1.82, 2.24) is 5.32 Å². The number of hydrogen-bond donors (Lipinski definition) is 3. The molecular formula is C31H62NO8P. The number of phosphoric ester groups is 1. The number of carbonyl (C=O) groups is 2. The number of ether oxygens (including phenoxy) is 1. The molecule has 0 aromatic rings. The highest BCUT2D eigenvalue weighted by Gasteiger charge is 2.23. The molecule has 0 aliphatic rings. The van der Waals surface area contributed by atoms with Gasteiger partial charge in [-0.25, -0.2) is 4.57 Å². The summed E-state index contributed by atoms with van der Waals surface area (Å²) in [4.78, 5) is 33.2. The molecule has 2 atom stereocenters. The van der Waals surface area contributed by atoms with E-state index < -0.39 is 26.5 Å². The van der Waals surface area contributed by atoms with E-state index in [9.17, 15) is 24.2 Å². The number of esters is 1. The second kappa shape index (κ2) is 29.1. The smallest absolute Gasteiger partial charge is 0.463 e. The third-order valence-electron chi connectivity index (χ3n) is 7.04. The number of carbonyl (C=O) groups excluding carboxylic acids is 2. The molecule has 2 unspecified atom stereocenters. The molecule has 0 spiro atoms. The maximum Gasteiger partial charge on any atom is 0.472 e. The summed E-state index contributed by atoms with van der Waals surface area (Å²) in [6.07, 6.45) is 23.9. The van der Waals surface area contributed by atoms with Crippen LogP contribution in [0.3, 0.4) is 0 Å². The summed E-state index contributed by atoms with van der Waals surface area (Å²) in [6, 6.07) is 0. The fourth-order valence-electron chi connectivity index (χ4n) is 4.50. The van der Waals surface area contributed by atoms with Crippen molar-refractivity contribution in [2.75, 3.05) is 26.4 Å². The van der Waals surface area contributed by atoms with Gasteiger partial charge in [-0.05, 0) is 12.8 Å². The van der Waals surface area contributed by atoms with Gasteiger partial charge < -0.3 is 20.1 Å². The zero-order chi connectivity index (χ0) is 30.4. The fourth-order valence-corrected chi connectivity index (χ4v) is 5.25. The maximum absolute atomic E-state index is 11.9. The zero-order valence-corrected chi connectivity index (χ0v) is 27.1. The summed E-state index contributed by atoms with van der Waals surface area (Å²) in [7, 11) is -4.38. The Kier molecular flexibility index (Phi) is 28.4. The van der Waals surface area contributed by atoms with Crippen molar-refractivity contribution in [2.24, 2.45) is 0 Å². The van der Waals surface area contributed by atoms with Gasteiger partial charge in [0.15, 0.2) is 0 Å². The van der Waals surface area contributed by atoms with Gasteiger partial charge in [-0.2, -0.15) is 0 Å². The monoisotopic (exact) mass is 607 g/mol. The molecule has 0 rings (SSSR count). The van der Waals surface area contributed by atoms with E-state index in [4.69, 9.17) is 13.8 Å². The molecule has 41 heavy (non-hydrogen) atoms. The maximum atomic E-state index is 11.9. The largest absolute Gasteiger partial charge is 0.472 e. The van der Waals surface area contributed by atoms with Gasteiger partial charge in [0, 0.05) is 19.4 Å². The number of aliphatic hydroxyl groups is 1. The molecule has 0 aromatic heterocycles. The first-order chi connectivity index (χ1) is 19.8. The summed E-state index contributed by atoms with van der Waals surface area (Å²) in [5.41, 5.74) is 0. The molecule has 0 saturated carbocycles. The molecule has 0 aromatic carbocycles. The third-order valence-corrected chi connectivity index (χ3v) is 8.02. The number of nitrogens with one attached hydrogen (secondary N) is 1. The van der Waals surface area contributed by atoms with Crippen LogP contribution >= 0.6 is 7.82 Å². The minimum absolute atomic E-state index is 0.0818. The first-order valence-electron chi connectivity index (χ1n) is 16.5. The minimum atomic E-state index is -4.38. The van der Waals surface area contributed by atoms with Gasteiger partial charge in [-0.15, -0.1) is 0 Å². The summed E-state index contributed by atoms with van der Waals surface area (Å²) in [6.45, 7) is 3.37. The van der Waals surface area contributed by atoms with Crippen molar-refractivity contribution in [2.45, 2.75) is 161 Å². The Balaban J connectivity index is 3.54. The SMILES string of the molecule is CCCCCCCCCCCCCCCCCCCC(=O)OCC(O)COP(=O)(O)OCCNC(=O)CCCCC. The Bertz CT molecular complexity index is 664. The highest BCUT2D eigenvalue weighted by Crippen LogP contribution is 2.42. The molecule has 0 saturated heterocycles. The van der Waals surface area contributed by atoms with Crippen LogP contribution in [0.2, 0.25) is 0 Å². The lowest BCUT2D eigenvalue weighted by Gasteiger charge is -2.15. The number of rotatable bonds is 31. The van der Waals surface area contributed by atoms with Crippen LogP contribution in [-0.4, -0.2) is 54.3 Å². The molecule has 0 heterocycles. The summed E-state index contributed by atoms with van der Waals surface area (Å²) in [5.74, 6) is -0.536. The molecule has 0 aliphatic heterocycles. The third kappa shape index (κ3) is 30.3. The lowest BCUT2D eigenvalue weighted by Crippen LogP contribution is -2.27. The normalized spacial score (nSPS) is 13.6. The van der Waals surface area contributed by atoms with E-state index in [1.807, 2.05) is 6.92 Å². The summed E-state index contributed by atoms with van der Waals surface area (Å²) < 4.78 is 26.4. The number of phosphoric acid groups is 1. The van der Waals surface area contributed by atoms with Crippen molar-refractivity contribution in [3.8, 4) is 0 Å². The van der Waals surface area contributed by atoms with E-state index in [2.05, 4.69) is 12.2 Å². The number of unbranched alkanes of at least 4 members (excludes halogenated alkanes) is 18. The molecule has 9 nitrogen and oxygen atoms in total. The van der Waals surface area contributed by atoms with Crippen LogP contribution in [-0.2, 0) is 27.9 Å². The molecule has 3 N–H and O–H groups in total. The van der Waals surface area contributed by atoms with Crippen molar-refractivity contribution in [3.05, 3.63) is 0 Å². The van der Waals surface area contributed by atoms with Gasteiger partial charge in [0.25, 0.3) is 0 Å².